The highest BCUT2D eigenvalue weighted by molar-refractivity contribution is 7.91. The number of rotatable bonds is 7. The minimum atomic E-state index is -3.28. The maximum atomic E-state index is 12.8. The molecule has 164 valence electrons. The van der Waals surface area contributed by atoms with Crippen LogP contribution < -0.4 is 5.32 Å². The molecule has 5 rings (SSSR count). The summed E-state index contributed by atoms with van der Waals surface area (Å²) < 4.78 is 26.2. The third kappa shape index (κ3) is 3.88. The van der Waals surface area contributed by atoms with E-state index in [1.165, 1.54) is 30.6 Å². The van der Waals surface area contributed by atoms with Gasteiger partial charge in [-0.05, 0) is 55.2 Å². The lowest BCUT2D eigenvalue weighted by molar-refractivity contribution is 0.0950. The molecule has 32 heavy (non-hydrogen) atoms. The summed E-state index contributed by atoms with van der Waals surface area (Å²) in [5.74, 6) is 0.603. The van der Waals surface area contributed by atoms with Crippen molar-refractivity contribution in [2.75, 3.05) is 5.75 Å². The number of sulfone groups is 1. The topological polar surface area (TPSA) is 81.1 Å². The molecule has 0 saturated heterocycles. The minimum Gasteiger partial charge on any atom is -0.346 e. The van der Waals surface area contributed by atoms with E-state index in [1.807, 2.05) is 24.3 Å². The predicted octanol–water partition coefficient (Wildman–Crippen LogP) is 4.32. The molecule has 1 N–H and O–H groups in total. The van der Waals surface area contributed by atoms with Crippen LogP contribution in [0.15, 0.2) is 65.7 Å². The van der Waals surface area contributed by atoms with Crippen molar-refractivity contribution < 1.29 is 13.2 Å². The van der Waals surface area contributed by atoms with Crippen molar-refractivity contribution in [2.45, 2.75) is 37.8 Å². The molecule has 2 aromatic carbocycles. The molecule has 0 spiro atoms. The normalized spacial score (nSPS) is 14.2. The van der Waals surface area contributed by atoms with Gasteiger partial charge in [-0.2, -0.15) is 0 Å². The molecule has 0 bridgehead atoms. The van der Waals surface area contributed by atoms with Crippen LogP contribution in [-0.2, 0) is 22.9 Å². The number of amides is 1. The van der Waals surface area contributed by atoms with E-state index in [9.17, 15) is 13.2 Å². The van der Waals surface area contributed by atoms with Crippen molar-refractivity contribution in [1.29, 1.82) is 0 Å². The molecule has 0 atom stereocenters. The van der Waals surface area contributed by atoms with Crippen LogP contribution in [-0.4, -0.2) is 29.6 Å². The highest BCUT2D eigenvalue weighted by Gasteiger charge is 2.24. The van der Waals surface area contributed by atoms with Gasteiger partial charge in [0.15, 0.2) is 9.84 Å². The first-order chi connectivity index (χ1) is 15.5. The molecule has 0 unspecified atom stereocenters. The van der Waals surface area contributed by atoms with Crippen molar-refractivity contribution in [3.63, 3.8) is 0 Å². The molecule has 1 fully saturated rings. The van der Waals surface area contributed by atoms with Gasteiger partial charge >= 0.3 is 0 Å². The number of hydrogen-bond donors (Lipinski definition) is 1. The first kappa shape index (κ1) is 20.7. The van der Waals surface area contributed by atoms with Crippen molar-refractivity contribution in [3.05, 3.63) is 72.1 Å². The van der Waals surface area contributed by atoms with E-state index in [0.717, 1.165) is 28.8 Å². The molecular formula is C25H25N3O3S. The molecule has 2 aromatic heterocycles. The van der Waals surface area contributed by atoms with Crippen LogP contribution in [0.2, 0.25) is 0 Å². The summed E-state index contributed by atoms with van der Waals surface area (Å²) in [5, 5.41) is 5.14. The summed E-state index contributed by atoms with van der Waals surface area (Å²) in [6.45, 7) is 2.85. The molecule has 0 aliphatic heterocycles. The third-order valence-electron chi connectivity index (χ3n) is 6.14. The van der Waals surface area contributed by atoms with Gasteiger partial charge in [0.1, 0.15) is 0 Å². The summed E-state index contributed by atoms with van der Waals surface area (Å²) in [7, 11) is -3.28. The Morgan fingerprint density at radius 3 is 2.56 bits per heavy atom. The maximum Gasteiger partial charge on any atom is 0.251 e. The monoisotopic (exact) mass is 447 g/mol. The standard InChI is InChI=1S/C25H25N3O3S/c1-2-32(30,31)20-11-10-19(26-15-20)14-27-25(29)18-9-12-24-22(13-18)21-5-3-4-6-23(21)28(24)16-17-7-8-17/h3-6,9-13,15,17H,2,7-8,14,16H2,1H3,(H,27,29). The molecule has 1 aliphatic carbocycles. The third-order valence-corrected chi connectivity index (χ3v) is 7.86. The van der Waals surface area contributed by atoms with Crippen LogP contribution in [0.1, 0.15) is 35.8 Å². The quantitative estimate of drug-likeness (QED) is 0.457. The largest absolute Gasteiger partial charge is 0.346 e. The smallest absolute Gasteiger partial charge is 0.251 e. The van der Waals surface area contributed by atoms with E-state index >= 15 is 0 Å². The number of para-hydroxylation sites is 1. The summed E-state index contributed by atoms with van der Waals surface area (Å²) in [6.07, 6.45) is 3.92. The Kier molecular flexibility index (Phi) is 5.21. The Labute approximate surface area is 187 Å². The van der Waals surface area contributed by atoms with Gasteiger partial charge in [-0.1, -0.05) is 25.1 Å². The number of benzene rings is 2. The Bertz CT molecular complexity index is 1420. The highest BCUT2D eigenvalue weighted by Crippen LogP contribution is 2.36. The van der Waals surface area contributed by atoms with E-state index in [0.29, 0.717) is 11.3 Å². The molecule has 1 aliphatic rings. The van der Waals surface area contributed by atoms with Gasteiger partial charge < -0.3 is 9.88 Å². The molecule has 1 saturated carbocycles. The summed E-state index contributed by atoms with van der Waals surface area (Å²) in [4.78, 5) is 17.2. The molecule has 0 radical (unpaired) electrons. The molecule has 1 amide bonds. The fourth-order valence-corrected chi connectivity index (χ4v) is 4.91. The first-order valence-electron chi connectivity index (χ1n) is 10.9. The number of hydrogen-bond acceptors (Lipinski definition) is 4. The number of nitrogens with zero attached hydrogens (tertiary/aromatic N) is 2. The average Bonchev–Trinajstić information content (AvgIpc) is 3.60. The van der Waals surface area contributed by atoms with Gasteiger partial charge in [0.2, 0.25) is 0 Å². The summed E-state index contributed by atoms with van der Waals surface area (Å²) in [6, 6.07) is 17.4. The van der Waals surface area contributed by atoms with Crippen LogP contribution in [0.5, 0.6) is 0 Å². The van der Waals surface area contributed by atoms with Crippen molar-refractivity contribution >= 4 is 37.6 Å². The second-order valence-corrected chi connectivity index (χ2v) is 10.7. The summed E-state index contributed by atoms with van der Waals surface area (Å²) in [5.41, 5.74) is 3.56. The SMILES string of the molecule is CCS(=O)(=O)c1ccc(CNC(=O)c2ccc3c(c2)c2ccccc2n3CC2CC2)nc1. The zero-order valence-corrected chi connectivity index (χ0v) is 18.7. The van der Waals surface area contributed by atoms with Crippen LogP contribution in [0.25, 0.3) is 21.8 Å². The van der Waals surface area contributed by atoms with Gasteiger partial charge in [-0.3, -0.25) is 9.78 Å². The van der Waals surface area contributed by atoms with Crippen molar-refractivity contribution in [2.24, 2.45) is 5.92 Å². The zero-order valence-electron chi connectivity index (χ0n) is 17.9. The van der Waals surface area contributed by atoms with Crippen molar-refractivity contribution in [1.82, 2.24) is 14.9 Å². The number of fused-ring (bicyclic) bond motifs is 3. The molecule has 6 nitrogen and oxygen atoms in total. The zero-order chi connectivity index (χ0) is 22.3. The van der Waals surface area contributed by atoms with Crippen LogP contribution in [0.3, 0.4) is 0 Å². The van der Waals surface area contributed by atoms with Gasteiger partial charge in [0.05, 0.1) is 22.9 Å². The van der Waals surface area contributed by atoms with Gasteiger partial charge in [-0.15, -0.1) is 0 Å². The Morgan fingerprint density at radius 1 is 1.06 bits per heavy atom. The van der Waals surface area contributed by atoms with Gasteiger partial charge in [0, 0.05) is 40.1 Å². The Balaban J connectivity index is 1.38. The predicted molar refractivity (Wildman–Crippen MR) is 125 cm³/mol. The first-order valence-corrected chi connectivity index (χ1v) is 12.6. The number of carbonyl (C=O) groups is 1. The lowest BCUT2D eigenvalue weighted by Gasteiger charge is -2.08. The summed E-state index contributed by atoms with van der Waals surface area (Å²) >= 11 is 0. The second-order valence-electron chi connectivity index (χ2n) is 8.37. The molecule has 7 heteroatoms. The van der Waals surface area contributed by atoms with Crippen LogP contribution >= 0.6 is 0 Å². The average molecular weight is 448 g/mol. The fraction of sp³-hybridized carbons (Fsp3) is 0.280. The van der Waals surface area contributed by atoms with Crippen LogP contribution in [0.4, 0.5) is 0 Å². The van der Waals surface area contributed by atoms with Gasteiger partial charge in [0.25, 0.3) is 5.91 Å². The van der Waals surface area contributed by atoms with E-state index in [1.54, 1.807) is 13.0 Å². The highest BCUT2D eigenvalue weighted by atomic mass is 32.2. The maximum absolute atomic E-state index is 12.8. The molecule has 2 heterocycles. The molecule has 4 aromatic rings. The number of aromatic nitrogens is 2. The van der Waals surface area contributed by atoms with Gasteiger partial charge in [-0.25, -0.2) is 8.42 Å². The van der Waals surface area contributed by atoms with E-state index in [4.69, 9.17) is 0 Å². The number of nitrogens with one attached hydrogen (secondary N) is 1. The number of carbonyl (C=O) groups excluding carboxylic acids is 1. The lowest BCUT2D eigenvalue weighted by atomic mass is 10.1. The molecular weight excluding hydrogens is 422 g/mol. The van der Waals surface area contributed by atoms with E-state index in [-0.39, 0.29) is 23.1 Å². The van der Waals surface area contributed by atoms with E-state index < -0.39 is 9.84 Å². The van der Waals surface area contributed by atoms with Crippen LogP contribution in [0, 0.1) is 5.92 Å². The second kappa shape index (κ2) is 8.06. The van der Waals surface area contributed by atoms with E-state index in [2.05, 4.69) is 33.1 Å². The Morgan fingerprint density at radius 2 is 1.84 bits per heavy atom. The number of pyridine rings is 1. The minimum absolute atomic E-state index is 0.0320. The van der Waals surface area contributed by atoms with Crippen molar-refractivity contribution in [3.8, 4) is 0 Å². The Hall–Kier alpha value is -3.19. The fourth-order valence-electron chi connectivity index (χ4n) is 4.09. The lowest BCUT2D eigenvalue weighted by Crippen LogP contribution is -2.23.